The summed E-state index contributed by atoms with van der Waals surface area (Å²) in [7, 11) is 0. The van der Waals surface area contributed by atoms with Gasteiger partial charge in [0, 0.05) is 12.4 Å². The van der Waals surface area contributed by atoms with E-state index in [1.54, 1.807) is 0 Å². The van der Waals surface area contributed by atoms with Crippen LogP contribution in [0.15, 0.2) is 4.99 Å². The predicted molar refractivity (Wildman–Crippen MR) is 35.7 cm³/mol. The van der Waals surface area contributed by atoms with Crippen molar-refractivity contribution in [2.75, 3.05) is 0 Å². The summed E-state index contributed by atoms with van der Waals surface area (Å²) in [6, 6.07) is 0. The van der Waals surface area contributed by atoms with E-state index < -0.39 is 0 Å². The van der Waals surface area contributed by atoms with Crippen molar-refractivity contribution in [3.05, 3.63) is 0 Å². The summed E-state index contributed by atoms with van der Waals surface area (Å²) in [6.45, 7) is 1.84. The maximum Gasteiger partial charge on any atom is 0.0895 e. The second-order valence-electron chi connectivity index (χ2n) is 1.10. The third-order valence-corrected chi connectivity index (χ3v) is 0.510. The molecule has 0 aromatic heterocycles. The van der Waals surface area contributed by atoms with Gasteiger partial charge in [-0.25, -0.2) is 0 Å². The van der Waals surface area contributed by atoms with Gasteiger partial charge in [-0.3, -0.25) is 4.99 Å². The number of rotatable bonds is 2. The molecule has 3 heteroatoms. The smallest absolute Gasteiger partial charge is 0.0895 e. The average Bonchev–Trinajstić information content (AvgIpc) is 1.61. The van der Waals surface area contributed by atoms with Gasteiger partial charge in [-0.15, -0.1) is 0 Å². The number of hydrogen-bond acceptors (Lipinski definition) is 3. The summed E-state index contributed by atoms with van der Waals surface area (Å²) < 4.78 is 0. The summed E-state index contributed by atoms with van der Waals surface area (Å²) in [5.74, 6) is 0. The molecule has 0 rings (SSSR count). The lowest BCUT2D eigenvalue weighted by Gasteiger charge is -1.87. The highest BCUT2D eigenvalue weighted by atomic mass is 32.1. The van der Waals surface area contributed by atoms with Crippen LogP contribution in [0.3, 0.4) is 0 Å². The molecule has 7 heavy (non-hydrogen) atoms. The molecule has 1 atom stereocenters. The Morgan fingerprint density at radius 2 is 2.43 bits per heavy atom. The Bertz CT molecular complexity index is 77.8. The van der Waals surface area contributed by atoms with Crippen LogP contribution in [0.1, 0.15) is 6.92 Å². The summed E-state index contributed by atoms with van der Waals surface area (Å²) in [5.41, 5.74) is 0. The number of nitrogens with zero attached hydrogens (tertiary/aromatic N) is 1. The van der Waals surface area contributed by atoms with Crippen LogP contribution in [-0.4, -0.2) is 17.8 Å². The molecule has 1 unspecified atom stereocenters. The first-order chi connectivity index (χ1) is 3.27. The van der Waals surface area contributed by atoms with Crippen LogP contribution in [0.5, 0.6) is 0 Å². The topological polar surface area (TPSA) is 36.2 Å². The van der Waals surface area contributed by atoms with Crippen molar-refractivity contribution < 1.29 is 0 Å². The van der Waals surface area contributed by atoms with E-state index in [-0.39, 0.29) is 5.37 Å². The van der Waals surface area contributed by atoms with Gasteiger partial charge in [-0.1, -0.05) is 0 Å². The van der Waals surface area contributed by atoms with E-state index in [2.05, 4.69) is 17.6 Å². The molecule has 0 aromatic rings. The van der Waals surface area contributed by atoms with E-state index >= 15 is 0 Å². The standard InChI is InChI=1S/C4H8N2S/c1-4(7)6-3-2-5/h2-5,7H,1H3. The first kappa shape index (κ1) is 6.69. The normalized spacial score (nSPS) is 14.6. The molecule has 0 saturated heterocycles. The van der Waals surface area contributed by atoms with Crippen molar-refractivity contribution in [3.8, 4) is 0 Å². The van der Waals surface area contributed by atoms with E-state index in [9.17, 15) is 0 Å². The maximum atomic E-state index is 6.49. The lowest BCUT2D eigenvalue weighted by atomic mass is 10.7. The Kier molecular flexibility index (Phi) is 3.69. The molecule has 1 N–H and O–H groups in total. The van der Waals surface area contributed by atoms with Gasteiger partial charge in [0.05, 0.1) is 5.37 Å². The van der Waals surface area contributed by atoms with Gasteiger partial charge in [0.15, 0.2) is 0 Å². The van der Waals surface area contributed by atoms with Crippen LogP contribution in [0.25, 0.3) is 0 Å². The maximum absolute atomic E-state index is 6.49. The highest BCUT2D eigenvalue weighted by molar-refractivity contribution is 7.80. The van der Waals surface area contributed by atoms with E-state index in [0.717, 1.165) is 6.21 Å². The second-order valence-corrected chi connectivity index (χ2v) is 1.84. The van der Waals surface area contributed by atoms with Crippen LogP contribution >= 0.6 is 12.6 Å². The van der Waals surface area contributed by atoms with Gasteiger partial charge >= 0.3 is 0 Å². The molecule has 0 aliphatic carbocycles. The van der Waals surface area contributed by atoms with E-state index in [0.29, 0.717) is 0 Å². The minimum atomic E-state index is 0.0154. The third-order valence-electron chi connectivity index (χ3n) is 0.376. The monoisotopic (exact) mass is 116 g/mol. The zero-order valence-electron chi connectivity index (χ0n) is 4.13. The largest absolute Gasteiger partial charge is 0.307 e. The highest BCUT2D eigenvalue weighted by Crippen LogP contribution is 1.89. The summed E-state index contributed by atoms with van der Waals surface area (Å²) >= 11 is 3.93. The molecule has 0 bridgehead atoms. The van der Waals surface area contributed by atoms with E-state index in [1.165, 1.54) is 6.21 Å². The minimum absolute atomic E-state index is 0.0154. The van der Waals surface area contributed by atoms with E-state index in [4.69, 9.17) is 5.41 Å². The Labute approximate surface area is 48.6 Å². The fourth-order valence-corrected chi connectivity index (χ4v) is 0.245. The van der Waals surface area contributed by atoms with Crippen LogP contribution in [-0.2, 0) is 0 Å². The molecule has 0 saturated carbocycles. The highest BCUT2D eigenvalue weighted by Gasteiger charge is 1.79. The number of hydrogen-bond donors (Lipinski definition) is 2. The van der Waals surface area contributed by atoms with Crippen LogP contribution in [0.4, 0.5) is 0 Å². The molecule has 0 aromatic carbocycles. The van der Waals surface area contributed by atoms with Crippen LogP contribution in [0, 0.1) is 5.41 Å². The van der Waals surface area contributed by atoms with Gasteiger partial charge in [-0.2, -0.15) is 12.6 Å². The molecule has 2 nitrogen and oxygen atoms in total. The number of nitrogens with one attached hydrogen (secondary N) is 1. The van der Waals surface area contributed by atoms with Gasteiger partial charge in [0.25, 0.3) is 0 Å². The molecule has 0 amide bonds. The molecule has 0 radical (unpaired) electrons. The van der Waals surface area contributed by atoms with Gasteiger partial charge in [0.2, 0.25) is 0 Å². The molecular formula is C4H8N2S. The molecule has 0 aliphatic rings. The average molecular weight is 116 g/mol. The van der Waals surface area contributed by atoms with Crippen LogP contribution < -0.4 is 0 Å². The zero-order valence-corrected chi connectivity index (χ0v) is 5.02. The van der Waals surface area contributed by atoms with Gasteiger partial charge in [0.1, 0.15) is 0 Å². The van der Waals surface area contributed by atoms with Crippen molar-refractivity contribution in [2.45, 2.75) is 12.3 Å². The first-order valence-electron chi connectivity index (χ1n) is 1.97. The Hall–Kier alpha value is -0.310. The molecule has 0 heterocycles. The molecule has 0 spiro atoms. The summed E-state index contributed by atoms with van der Waals surface area (Å²) in [6.07, 6.45) is 2.55. The Morgan fingerprint density at radius 3 is 2.57 bits per heavy atom. The van der Waals surface area contributed by atoms with Crippen molar-refractivity contribution in [1.82, 2.24) is 0 Å². The molecule has 0 fully saturated rings. The fraction of sp³-hybridized carbons (Fsp3) is 0.500. The lowest BCUT2D eigenvalue weighted by molar-refractivity contribution is 1.07. The van der Waals surface area contributed by atoms with Gasteiger partial charge in [-0.05, 0) is 6.92 Å². The fourth-order valence-electron chi connectivity index (χ4n) is 0.168. The first-order valence-corrected chi connectivity index (χ1v) is 2.49. The predicted octanol–water partition coefficient (Wildman–Crippen LogP) is 0.983. The van der Waals surface area contributed by atoms with Crippen molar-refractivity contribution in [2.24, 2.45) is 4.99 Å². The third kappa shape index (κ3) is 5.69. The Morgan fingerprint density at radius 1 is 1.86 bits per heavy atom. The van der Waals surface area contributed by atoms with Crippen molar-refractivity contribution >= 4 is 25.1 Å². The quantitative estimate of drug-likeness (QED) is 0.398. The Balaban J connectivity index is 3.25. The molecular weight excluding hydrogens is 108 g/mol. The molecule has 0 aliphatic heterocycles. The van der Waals surface area contributed by atoms with Gasteiger partial charge < -0.3 is 5.41 Å². The second kappa shape index (κ2) is 3.87. The molecule has 40 valence electrons. The minimum Gasteiger partial charge on any atom is -0.307 e. The van der Waals surface area contributed by atoms with E-state index in [1.807, 2.05) is 6.92 Å². The van der Waals surface area contributed by atoms with Crippen molar-refractivity contribution in [3.63, 3.8) is 0 Å². The number of aliphatic imine (C=N–C) groups is 1. The SMILES string of the molecule is CC(S)N=CC=N. The number of thiol groups is 1. The summed E-state index contributed by atoms with van der Waals surface area (Å²) in [5, 5.41) is 6.50. The summed E-state index contributed by atoms with van der Waals surface area (Å²) in [4.78, 5) is 3.74. The lowest BCUT2D eigenvalue weighted by Crippen LogP contribution is -1.83. The van der Waals surface area contributed by atoms with Crippen LogP contribution in [0.2, 0.25) is 0 Å². The zero-order chi connectivity index (χ0) is 5.70. The van der Waals surface area contributed by atoms with Crippen molar-refractivity contribution in [1.29, 1.82) is 5.41 Å².